The van der Waals surface area contributed by atoms with Crippen LogP contribution in [0.1, 0.15) is 12.0 Å². The molecule has 0 bridgehead atoms. The summed E-state index contributed by atoms with van der Waals surface area (Å²) in [5.74, 6) is 1.08. The SMILES string of the molecule is CN=C(NCCNS(C)(=O)=O)N1CCC(Cc2ccc(F)cc2)C1. The maximum Gasteiger partial charge on any atom is 0.208 e. The number of halogens is 1. The van der Waals surface area contributed by atoms with Gasteiger partial charge < -0.3 is 10.2 Å². The van der Waals surface area contributed by atoms with Gasteiger partial charge in [-0.25, -0.2) is 17.5 Å². The summed E-state index contributed by atoms with van der Waals surface area (Å²) < 4.78 is 37.5. The van der Waals surface area contributed by atoms with Crippen LogP contribution in [0.4, 0.5) is 4.39 Å². The van der Waals surface area contributed by atoms with Crippen LogP contribution in [-0.2, 0) is 16.4 Å². The van der Waals surface area contributed by atoms with E-state index in [2.05, 4.69) is 19.9 Å². The quantitative estimate of drug-likeness (QED) is 0.450. The van der Waals surface area contributed by atoms with Gasteiger partial charge in [-0.05, 0) is 36.5 Å². The van der Waals surface area contributed by atoms with Gasteiger partial charge in [0.15, 0.2) is 5.96 Å². The summed E-state index contributed by atoms with van der Waals surface area (Å²) in [6, 6.07) is 6.67. The number of nitrogens with zero attached hydrogens (tertiary/aromatic N) is 2. The van der Waals surface area contributed by atoms with Crippen molar-refractivity contribution in [3.63, 3.8) is 0 Å². The number of sulfonamides is 1. The van der Waals surface area contributed by atoms with Gasteiger partial charge in [0, 0.05) is 33.2 Å². The second-order valence-corrected chi connectivity index (χ2v) is 7.90. The molecular weight excluding hydrogens is 331 g/mol. The maximum absolute atomic E-state index is 13.0. The Bertz CT molecular complexity index is 661. The average Bonchev–Trinajstić information content (AvgIpc) is 2.97. The van der Waals surface area contributed by atoms with Crippen LogP contribution in [0, 0.1) is 11.7 Å². The molecule has 2 N–H and O–H groups in total. The lowest BCUT2D eigenvalue weighted by molar-refractivity contribution is 0.460. The minimum absolute atomic E-state index is 0.209. The smallest absolute Gasteiger partial charge is 0.208 e. The van der Waals surface area contributed by atoms with Crippen LogP contribution in [0.15, 0.2) is 29.3 Å². The zero-order chi connectivity index (χ0) is 17.6. The highest BCUT2D eigenvalue weighted by atomic mass is 32.2. The summed E-state index contributed by atoms with van der Waals surface area (Å²) in [7, 11) is -1.44. The summed E-state index contributed by atoms with van der Waals surface area (Å²) >= 11 is 0. The molecule has 2 rings (SSSR count). The highest BCUT2D eigenvalue weighted by Crippen LogP contribution is 2.21. The van der Waals surface area contributed by atoms with Crippen LogP contribution in [0.5, 0.6) is 0 Å². The normalized spacial score (nSPS) is 18.9. The second-order valence-electron chi connectivity index (χ2n) is 6.07. The highest BCUT2D eigenvalue weighted by Gasteiger charge is 2.24. The third-order valence-electron chi connectivity index (χ3n) is 4.01. The zero-order valence-electron chi connectivity index (χ0n) is 14.1. The molecule has 0 aromatic heterocycles. The van der Waals surface area contributed by atoms with Crippen molar-refractivity contribution in [1.29, 1.82) is 0 Å². The fourth-order valence-electron chi connectivity index (χ4n) is 2.89. The predicted molar refractivity (Wildman–Crippen MR) is 94.0 cm³/mol. The van der Waals surface area contributed by atoms with E-state index in [0.29, 0.717) is 19.0 Å². The van der Waals surface area contributed by atoms with Gasteiger partial charge >= 0.3 is 0 Å². The number of guanidine groups is 1. The first-order chi connectivity index (χ1) is 11.4. The Labute approximate surface area is 143 Å². The van der Waals surface area contributed by atoms with Crippen molar-refractivity contribution in [2.24, 2.45) is 10.9 Å². The Balaban J connectivity index is 1.79. The third kappa shape index (κ3) is 6.09. The molecule has 24 heavy (non-hydrogen) atoms. The summed E-state index contributed by atoms with van der Waals surface area (Å²) in [4.78, 5) is 6.44. The molecule has 1 saturated heterocycles. The van der Waals surface area contributed by atoms with Gasteiger partial charge in [-0.3, -0.25) is 4.99 Å². The standard InChI is InChI=1S/C16H25FN4O2S/c1-18-16(19-8-9-20-24(2,22)23)21-10-7-14(12-21)11-13-3-5-15(17)6-4-13/h3-6,14,20H,7-12H2,1-2H3,(H,18,19). The first-order valence-corrected chi connectivity index (χ1v) is 9.91. The minimum Gasteiger partial charge on any atom is -0.355 e. The molecule has 1 aromatic carbocycles. The molecular formula is C16H25FN4O2S. The maximum atomic E-state index is 13.0. The van der Waals surface area contributed by atoms with Crippen LogP contribution < -0.4 is 10.0 Å². The Kier molecular flexibility index (Phi) is 6.56. The van der Waals surface area contributed by atoms with Gasteiger partial charge in [-0.2, -0.15) is 0 Å². The Morgan fingerprint density at radius 1 is 1.33 bits per heavy atom. The highest BCUT2D eigenvalue weighted by molar-refractivity contribution is 7.88. The lowest BCUT2D eigenvalue weighted by Crippen LogP contribution is -2.43. The van der Waals surface area contributed by atoms with Crippen LogP contribution in [-0.4, -0.2) is 58.8 Å². The van der Waals surface area contributed by atoms with Crippen LogP contribution in [0.25, 0.3) is 0 Å². The van der Waals surface area contributed by atoms with E-state index >= 15 is 0 Å². The van der Waals surface area contributed by atoms with Gasteiger partial charge in [0.25, 0.3) is 0 Å². The van der Waals surface area contributed by atoms with E-state index in [1.807, 2.05) is 12.1 Å². The number of hydrogen-bond donors (Lipinski definition) is 2. The van der Waals surface area contributed by atoms with Crippen LogP contribution in [0.2, 0.25) is 0 Å². The molecule has 1 atom stereocenters. The number of aliphatic imine (C=N–C) groups is 1. The van der Waals surface area contributed by atoms with Gasteiger partial charge in [0.05, 0.1) is 6.26 Å². The lowest BCUT2D eigenvalue weighted by atomic mass is 9.99. The Morgan fingerprint density at radius 2 is 2.04 bits per heavy atom. The number of benzene rings is 1. The van der Waals surface area contributed by atoms with E-state index in [1.54, 1.807) is 7.05 Å². The summed E-state index contributed by atoms with van der Waals surface area (Å²) in [5.41, 5.74) is 1.14. The van der Waals surface area contributed by atoms with Crippen molar-refractivity contribution in [2.75, 3.05) is 39.5 Å². The first-order valence-electron chi connectivity index (χ1n) is 8.02. The number of likely N-dealkylation sites (tertiary alicyclic amines) is 1. The molecule has 0 amide bonds. The largest absolute Gasteiger partial charge is 0.355 e. The van der Waals surface area contributed by atoms with Gasteiger partial charge in [-0.15, -0.1) is 0 Å². The number of hydrogen-bond acceptors (Lipinski definition) is 3. The summed E-state index contributed by atoms with van der Waals surface area (Å²) in [6.45, 7) is 2.60. The molecule has 134 valence electrons. The summed E-state index contributed by atoms with van der Waals surface area (Å²) in [5, 5.41) is 3.18. The van der Waals surface area contributed by atoms with Crippen LogP contribution in [0.3, 0.4) is 0 Å². The molecule has 1 fully saturated rings. The molecule has 1 aromatic rings. The molecule has 1 unspecified atom stereocenters. The van der Waals surface area contributed by atoms with E-state index in [1.165, 1.54) is 12.1 Å². The van der Waals surface area contributed by atoms with Gasteiger partial charge in [-0.1, -0.05) is 12.1 Å². The first kappa shape index (κ1) is 18.7. The van der Waals surface area contributed by atoms with E-state index in [4.69, 9.17) is 0 Å². The molecule has 1 aliphatic heterocycles. The number of nitrogens with one attached hydrogen (secondary N) is 2. The third-order valence-corrected chi connectivity index (χ3v) is 4.74. The van der Waals surface area contributed by atoms with E-state index in [-0.39, 0.29) is 5.82 Å². The minimum atomic E-state index is -3.16. The Hall–Kier alpha value is -1.67. The van der Waals surface area contributed by atoms with E-state index < -0.39 is 10.0 Å². The van der Waals surface area contributed by atoms with E-state index in [9.17, 15) is 12.8 Å². The lowest BCUT2D eigenvalue weighted by Gasteiger charge is -2.21. The van der Waals surface area contributed by atoms with Crippen molar-refractivity contribution >= 4 is 16.0 Å². The molecule has 1 heterocycles. The summed E-state index contributed by atoms with van der Waals surface area (Å²) in [6.07, 6.45) is 3.12. The fraction of sp³-hybridized carbons (Fsp3) is 0.562. The van der Waals surface area contributed by atoms with Crippen molar-refractivity contribution in [3.05, 3.63) is 35.6 Å². The van der Waals surface area contributed by atoms with E-state index in [0.717, 1.165) is 43.7 Å². The molecule has 0 radical (unpaired) electrons. The molecule has 1 aliphatic rings. The average molecular weight is 356 g/mol. The van der Waals surface area contributed by atoms with Crippen molar-refractivity contribution in [3.8, 4) is 0 Å². The van der Waals surface area contributed by atoms with Crippen molar-refractivity contribution in [1.82, 2.24) is 14.9 Å². The zero-order valence-corrected chi connectivity index (χ0v) is 14.9. The second kappa shape index (κ2) is 8.43. The predicted octanol–water partition coefficient (Wildman–Crippen LogP) is 0.815. The van der Waals surface area contributed by atoms with Crippen LogP contribution >= 0.6 is 0 Å². The van der Waals surface area contributed by atoms with Crippen molar-refractivity contribution in [2.45, 2.75) is 12.8 Å². The molecule has 8 heteroatoms. The molecule has 0 spiro atoms. The monoisotopic (exact) mass is 356 g/mol. The number of rotatable bonds is 6. The molecule has 0 aliphatic carbocycles. The van der Waals surface area contributed by atoms with Gasteiger partial charge in [0.2, 0.25) is 10.0 Å². The molecule has 6 nitrogen and oxygen atoms in total. The Morgan fingerprint density at radius 3 is 2.67 bits per heavy atom. The topological polar surface area (TPSA) is 73.8 Å². The molecule has 0 saturated carbocycles. The fourth-order valence-corrected chi connectivity index (χ4v) is 3.36. The van der Waals surface area contributed by atoms with Crippen molar-refractivity contribution < 1.29 is 12.8 Å². The van der Waals surface area contributed by atoms with Gasteiger partial charge in [0.1, 0.15) is 5.82 Å².